The Morgan fingerprint density at radius 1 is 1.20 bits per heavy atom. The molecule has 2 aromatic rings. The van der Waals surface area contributed by atoms with Gasteiger partial charge in [0.1, 0.15) is 23.0 Å². The van der Waals surface area contributed by atoms with Crippen LogP contribution in [-0.4, -0.2) is 24.1 Å². The lowest BCUT2D eigenvalue weighted by Crippen LogP contribution is -2.19. The molecule has 0 fully saturated rings. The molecule has 0 bridgehead atoms. The van der Waals surface area contributed by atoms with Gasteiger partial charge >= 0.3 is 0 Å². The molecule has 0 atom stereocenters. The first kappa shape index (κ1) is 14.9. The fraction of sp³-hybridized carbons (Fsp3) is 0.286. The number of alkyl halides is 1. The standard InChI is InChI=1S/C14H15Cl2N3O/c1-19(8-10-3-5-11(20-2)6-4-10)14-12(7-15)13(16)17-9-18-14/h3-6,9H,7-8H2,1-2H3. The first-order valence-electron chi connectivity index (χ1n) is 6.05. The lowest BCUT2D eigenvalue weighted by atomic mass is 10.2. The molecule has 0 amide bonds. The number of aromatic nitrogens is 2. The van der Waals surface area contributed by atoms with Crippen LogP contribution >= 0.6 is 23.2 Å². The highest BCUT2D eigenvalue weighted by atomic mass is 35.5. The predicted octanol–water partition coefficient (Wildman–Crippen LogP) is 3.51. The Morgan fingerprint density at radius 3 is 2.50 bits per heavy atom. The first-order valence-corrected chi connectivity index (χ1v) is 6.96. The number of rotatable bonds is 5. The number of nitrogens with zero attached hydrogens (tertiary/aromatic N) is 3. The maximum Gasteiger partial charge on any atom is 0.138 e. The summed E-state index contributed by atoms with van der Waals surface area (Å²) in [5.74, 6) is 1.86. The van der Waals surface area contributed by atoms with E-state index in [-0.39, 0.29) is 5.88 Å². The minimum Gasteiger partial charge on any atom is -0.497 e. The summed E-state index contributed by atoms with van der Waals surface area (Å²) in [4.78, 5) is 10.2. The lowest BCUT2D eigenvalue weighted by Gasteiger charge is -2.21. The van der Waals surface area contributed by atoms with Crippen molar-refractivity contribution < 1.29 is 4.74 Å². The number of ether oxygens (including phenoxy) is 1. The molecule has 20 heavy (non-hydrogen) atoms. The minimum atomic E-state index is 0.280. The van der Waals surface area contributed by atoms with Gasteiger partial charge in [-0.3, -0.25) is 0 Å². The summed E-state index contributed by atoms with van der Waals surface area (Å²) in [6, 6.07) is 7.88. The number of hydrogen-bond donors (Lipinski definition) is 0. The fourth-order valence-electron chi connectivity index (χ4n) is 1.91. The van der Waals surface area contributed by atoms with Crippen molar-refractivity contribution in [3.8, 4) is 5.75 Å². The maximum absolute atomic E-state index is 6.04. The van der Waals surface area contributed by atoms with Gasteiger partial charge in [-0.1, -0.05) is 23.7 Å². The van der Waals surface area contributed by atoms with E-state index in [0.717, 1.165) is 22.7 Å². The lowest BCUT2D eigenvalue weighted by molar-refractivity contribution is 0.414. The van der Waals surface area contributed by atoms with Crippen molar-refractivity contribution in [1.29, 1.82) is 0 Å². The number of anilines is 1. The Morgan fingerprint density at radius 2 is 1.90 bits per heavy atom. The van der Waals surface area contributed by atoms with Gasteiger partial charge in [0, 0.05) is 19.2 Å². The van der Waals surface area contributed by atoms with Crippen LogP contribution in [0.5, 0.6) is 5.75 Å². The smallest absolute Gasteiger partial charge is 0.138 e. The molecule has 1 heterocycles. The summed E-state index contributed by atoms with van der Waals surface area (Å²) in [6.07, 6.45) is 1.44. The third-order valence-electron chi connectivity index (χ3n) is 2.94. The monoisotopic (exact) mass is 311 g/mol. The van der Waals surface area contributed by atoms with Gasteiger partial charge in [0.2, 0.25) is 0 Å². The van der Waals surface area contributed by atoms with Crippen molar-refractivity contribution in [3.05, 3.63) is 46.9 Å². The summed E-state index contributed by atoms with van der Waals surface area (Å²) in [5.41, 5.74) is 1.88. The van der Waals surface area contributed by atoms with E-state index in [2.05, 4.69) is 9.97 Å². The van der Waals surface area contributed by atoms with Crippen molar-refractivity contribution in [2.24, 2.45) is 0 Å². The van der Waals surface area contributed by atoms with Gasteiger partial charge in [-0.25, -0.2) is 9.97 Å². The highest BCUT2D eigenvalue weighted by molar-refractivity contribution is 6.31. The van der Waals surface area contributed by atoms with Gasteiger partial charge in [-0.15, -0.1) is 11.6 Å². The Bertz CT molecular complexity index is 575. The third kappa shape index (κ3) is 3.32. The zero-order valence-corrected chi connectivity index (χ0v) is 12.8. The van der Waals surface area contributed by atoms with Crippen molar-refractivity contribution in [1.82, 2.24) is 9.97 Å². The van der Waals surface area contributed by atoms with E-state index in [1.807, 2.05) is 36.2 Å². The van der Waals surface area contributed by atoms with Crippen LogP contribution in [0.2, 0.25) is 5.15 Å². The van der Waals surface area contributed by atoms with Crippen molar-refractivity contribution in [3.63, 3.8) is 0 Å². The van der Waals surface area contributed by atoms with Crippen LogP contribution in [0.3, 0.4) is 0 Å². The van der Waals surface area contributed by atoms with Crippen LogP contribution in [0.15, 0.2) is 30.6 Å². The minimum absolute atomic E-state index is 0.280. The van der Waals surface area contributed by atoms with Crippen LogP contribution in [0.4, 0.5) is 5.82 Å². The quantitative estimate of drug-likeness (QED) is 0.625. The van der Waals surface area contributed by atoms with Crippen LogP contribution in [-0.2, 0) is 12.4 Å². The Labute approximate surface area is 128 Å². The zero-order chi connectivity index (χ0) is 14.5. The number of benzene rings is 1. The first-order chi connectivity index (χ1) is 9.65. The molecule has 0 radical (unpaired) electrons. The van der Waals surface area contributed by atoms with E-state index in [4.69, 9.17) is 27.9 Å². The van der Waals surface area contributed by atoms with E-state index in [9.17, 15) is 0 Å². The number of hydrogen-bond acceptors (Lipinski definition) is 4. The highest BCUT2D eigenvalue weighted by Crippen LogP contribution is 2.25. The number of halogens is 2. The molecule has 0 unspecified atom stereocenters. The molecule has 0 N–H and O–H groups in total. The van der Waals surface area contributed by atoms with Crippen LogP contribution in [0.1, 0.15) is 11.1 Å². The van der Waals surface area contributed by atoms with Gasteiger partial charge in [0.25, 0.3) is 0 Å². The van der Waals surface area contributed by atoms with Crippen molar-refractivity contribution in [2.75, 3.05) is 19.1 Å². The third-order valence-corrected chi connectivity index (χ3v) is 3.54. The van der Waals surface area contributed by atoms with Gasteiger partial charge in [0.15, 0.2) is 0 Å². The van der Waals surface area contributed by atoms with E-state index >= 15 is 0 Å². The van der Waals surface area contributed by atoms with Gasteiger partial charge < -0.3 is 9.64 Å². The largest absolute Gasteiger partial charge is 0.497 e. The average Bonchev–Trinajstić information content (AvgIpc) is 2.47. The maximum atomic E-state index is 6.04. The SMILES string of the molecule is COc1ccc(CN(C)c2ncnc(Cl)c2CCl)cc1. The van der Waals surface area contributed by atoms with Gasteiger partial charge in [-0.05, 0) is 17.7 Å². The molecular weight excluding hydrogens is 297 g/mol. The molecule has 6 heteroatoms. The summed E-state index contributed by atoms with van der Waals surface area (Å²) in [7, 11) is 3.59. The highest BCUT2D eigenvalue weighted by Gasteiger charge is 2.13. The van der Waals surface area contributed by atoms with Crippen LogP contribution in [0.25, 0.3) is 0 Å². The Balaban J connectivity index is 2.19. The Kier molecular flexibility index (Phi) is 5.04. The summed E-state index contributed by atoms with van der Waals surface area (Å²) in [6.45, 7) is 0.696. The molecule has 4 nitrogen and oxygen atoms in total. The molecule has 0 aliphatic carbocycles. The molecule has 1 aromatic heterocycles. The Hall–Kier alpha value is -1.52. The molecule has 2 rings (SSSR count). The molecular formula is C14H15Cl2N3O. The van der Waals surface area contributed by atoms with E-state index in [0.29, 0.717) is 11.7 Å². The second kappa shape index (κ2) is 6.77. The summed E-state index contributed by atoms with van der Waals surface area (Å²) in [5, 5.41) is 0.395. The second-order valence-corrected chi connectivity index (χ2v) is 4.93. The second-order valence-electron chi connectivity index (χ2n) is 4.30. The molecule has 0 saturated carbocycles. The van der Waals surface area contributed by atoms with Gasteiger partial charge in [0.05, 0.1) is 13.0 Å². The van der Waals surface area contributed by atoms with E-state index in [1.165, 1.54) is 6.33 Å². The molecule has 0 aliphatic heterocycles. The average molecular weight is 312 g/mol. The molecule has 1 aromatic carbocycles. The normalized spacial score (nSPS) is 10.4. The van der Waals surface area contributed by atoms with Crippen LogP contribution < -0.4 is 9.64 Å². The predicted molar refractivity (Wildman–Crippen MR) is 81.7 cm³/mol. The fourth-order valence-corrected chi connectivity index (χ4v) is 2.42. The van der Waals surface area contributed by atoms with Crippen molar-refractivity contribution in [2.45, 2.75) is 12.4 Å². The van der Waals surface area contributed by atoms with E-state index < -0.39 is 0 Å². The molecule has 106 valence electrons. The zero-order valence-electron chi connectivity index (χ0n) is 11.3. The van der Waals surface area contributed by atoms with Crippen LogP contribution in [0, 0.1) is 0 Å². The summed E-state index contributed by atoms with van der Waals surface area (Å²) < 4.78 is 5.14. The van der Waals surface area contributed by atoms with Crippen molar-refractivity contribution >= 4 is 29.0 Å². The number of methoxy groups -OCH3 is 1. The molecule has 0 aliphatic rings. The molecule has 0 saturated heterocycles. The van der Waals surface area contributed by atoms with E-state index in [1.54, 1.807) is 7.11 Å². The summed E-state index contributed by atoms with van der Waals surface area (Å²) >= 11 is 12.0. The van der Waals surface area contributed by atoms with Gasteiger partial charge in [-0.2, -0.15) is 0 Å². The molecule has 0 spiro atoms. The topological polar surface area (TPSA) is 38.2 Å².